The minimum absolute atomic E-state index is 0.108. The molecule has 0 saturated heterocycles. The number of para-hydroxylation sites is 1. The zero-order valence-corrected chi connectivity index (χ0v) is 18.3. The number of carbonyl (C=O) groups excluding carboxylic acids is 2. The number of hydrogen-bond acceptors (Lipinski definition) is 5. The van der Waals surface area contributed by atoms with Gasteiger partial charge in [0.1, 0.15) is 5.25 Å². The monoisotopic (exact) mass is 435 g/mol. The summed E-state index contributed by atoms with van der Waals surface area (Å²) >= 11 is 2.93. The van der Waals surface area contributed by atoms with E-state index in [4.69, 9.17) is 0 Å². The first-order chi connectivity index (χ1) is 14.5. The molecule has 1 atom stereocenters. The number of rotatable bonds is 6. The van der Waals surface area contributed by atoms with Gasteiger partial charge in [-0.15, -0.1) is 11.3 Å². The van der Waals surface area contributed by atoms with Crippen LogP contribution in [0.25, 0.3) is 11.3 Å². The SMILES string of the molecule is Cc1ccc(-c2csc(CC3=NC(=O)C(CC(=O)Nc4ccccc4C)S3)n2)cc1. The maximum Gasteiger partial charge on any atom is 0.260 e. The molecule has 3 aromatic rings. The van der Waals surface area contributed by atoms with Gasteiger partial charge in [-0.3, -0.25) is 9.59 Å². The van der Waals surface area contributed by atoms with Crippen molar-refractivity contribution in [3.63, 3.8) is 0 Å². The minimum atomic E-state index is -0.472. The molecule has 4 rings (SSSR count). The maximum atomic E-state index is 12.4. The Morgan fingerprint density at radius 1 is 1.10 bits per heavy atom. The van der Waals surface area contributed by atoms with Gasteiger partial charge in [0.15, 0.2) is 0 Å². The molecule has 0 fully saturated rings. The molecule has 0 bridgehead atoms. The van der Waals surface area contributed by atoms with E-state index in [9.17, 15) is 9.59 Å². The predicted molar refractivity (Wildman–Crippen MR) is 124 cm³/mol. The average Bonchev–Trinajstić information content (AvgIpc) is 3.31. The number of anilines is 1. The molecule has 2 heterocycles. The normalized spacial score (nSPS) is 15.9. The first-order valence-electron chi connectivity index (χ1n) is 9.63. The number of hydrogen-bond donors (Lipinski definition) is 1. The number of thiazole rings is 1. The van der Waals surface area contributed by atoms with E-state index >= 15 is 0 Å². The lowest BCUT2D eigenvalue weighted by Gasteiger charge is -2.10. The van der Waals surface area contributed by atoms with Crippen LogP contribution in [0.15, 0.2) is 58.9 Å². The highest BCUT2D eigenvalue weighted by Gasteiger charge is 2.30. The van der Waals surface area contributed by atoms with Crippen molar-refractivity contribution < 1.29 is 9.59 Å². The van der Waals surface area contributed by atoms with Gasteiger partial charge < -0.3 is 5.32 Å². The molecule has 1 N–H and O–H groups in total. The number of thioether (sulfide) groups is 1. The fourth-order valence-corrected chi connectivity index (χ4v) is 5.09. The van der Waals surface area contributed by atoms with Gasteiger partial charge in [-0.25, -0.2) is 9.98 Å². The lowest BCUT2D eigenvalue weighted by Crippen LogP contribution is -2.21. The number of aliphatic imine (C=N–C) groups is 1. The molecule has 30 heavy (non-hydrogen) atoms. The summed E-state index contributed by atoms with van der Waals surface area (Å²) in [5, 5.41) is 6.07. The molecule has 1 aliphatic rings. The molecule has 0 spiro atoms. The highest BCUT2D eigenvalue weighted by Crippen LogP contribution is 2.30. The van der Waals surface area contributed by atoms with Crippen LogP contribution in [-0.2, 0) is 16.0 Å². The van der Waals surface area contributed by atoms with E-state index < -0.39 is 5.25 Å². The van der Waals surface area contributed by atoms with Crippen molar-refractivity contribution in [1.29, 1.82) is 0 Å². The maximum absolute atomic E-state index is 12.4. The largest absolute Gasteiger partial charge is 0.326 e. The summed E-state index contributed by atoms with van der Waals surface area (Å²) in [7, 11) is 0. The Hall–Kier alpha value is -2.77. The predicted octanol–water partition coefficient (Wildman–Crippen LogP) is 5.04. The summed E-state index contributed by atoms with van der Waals surface area (Å²) in [6.07, 6.45) is 0.625. The molecule has 0 aliphatic carbocycles. The zero-order chi connectivity index (χ0) is 21.1. The quantitative estimate of drug-likeness (QED) is 0.589. The van der Waals surface area contributed by atoms with E-state index in [1.807, 2.05) is 36.6 Å². The first-order valence-corrected chi connectivity index (χ1v) is 11.4. The van der Waals surface area contributed by atoms with Crippen LogP contribution in [0.2, 0.25) is 0 Å². The average molecular weight is 436 g/mol. The summed E-state index contributed by atoms with van der Waals surface area (Å²) in [6, 6.07) is 15.8. The Labute approximate surface area is 183 Å². The number of nitrogens with one attached hydrogen (secondary N) is 1. The highest BCUT2D eigenvalue weighted by molar-refractivity contribution is 8.15. The second-order valence-electron chi connectivity index (χ2n) is 7.19. The Morgan fingerprint density at radius 3 is 2.63 bits per heavy atom. The van der Waals surface area contributed by atoms with Crippen molar-refractivity contribution in [3.05, 3.63) is 70.0 Å². The van der Waals surface area contributed by atoms with Gasteiger partial charge in [0.25, 0.3) is 5.91 Å². The summed E-state index contributed by atoms with van der Waals surface area (Å²) in [6.45, 7) is 3.99. The van der Waals surface area contributed by atoms with E-state index in [0.29, 0.717) is 6.42 Å². The number of nitrogens with zero attached hydrogens (tertiary/aromatic N) is 2. The molecule has 0 radical (unpaired) electrons. The van der Waals surface area contributed by atoms with Gasteiger partial charge in [0.05, 0.1) is 15.7 Å². The molecule has 1 aromatic heterocycles. The second-order valence-corrected chi connectivity index (χ2v) is 9.41. The molecular weight excluding hydrogens is 414 g/mol. The third-order valence-corrected chi connectivity index (χ3v) is 6.79. The van der Waals surface area contributed by atoms with Crippen molar-refractivity contribution in [3.8, 4) is 11.3 Å². The number of carbonyl (C=O) groups is 2. The molecule has 7 heteroatoms. The summed E-state index contributed by atoms with van der Waals surface area (Å²) in [5.41, 5.74) is 4.97. The molecule has 0 saturated carbocycles. The minimum Gasteiger partial charge on any atom is -0.326 e. The fraction of sp³-hybridized carbons (Fsp3) is 0.217. The van der Waals surface area contributed by atoms with E-state index in [0.717, 1.165) is 32.6 Å². The summed E-state index contributed by atoms with van der Waals surface area (Å²) in [4.78, 5) is 33.5. The van der Waals surface area contributed by atoms with Gasteiger partial charge in [0, 0.05) is 29.5 Å². The number of amides is 2. The van der Waals surface area contributed by atoms with Crippen LogP contribution < -0.4 is 5.32 Å². The second kappa shape index (κ2) is 8.93. The molecular formula is C23H21N3O2S2. The van der Waals surface area contributed by atoms with Crippen LogP contribution in [0.1, 0.15) is 22.6 Å². The standard InChI is InChI=1S/C23H21N3O2S2/c1-14-7-9-16(10-8-14)18-13-29-21(25-18)12-22-26-23(28)19(30-22)11-20(27)24-17-6-4-3-5-15(17)2/h3-10,13,19H,11-12H2,1-2H3,(H,24,27). The third kappa shape index (κ3) is 4.86. The number of aryl methyl sites for hydroxylation is 2. The van der Waals surface area contributed by atoms with Crippen LogP contribution in [-0.4, -0.2) is 27.1 Å². The third-order valence-electron chi connectivity index (χ3n) is 4.78. The molecule has 2 amide bonds. The van der Waals surface area contributed by atoms with E-state index in [-0.39, 0.29) is 18.2 Å². The van der Waals surface area contributed by atoms with Crippen molar-refractivity contribution >= 4 is 45.6 Å². The molecule has 2 aromatic carbocycles. The number of benzene rings is 2. The van der Waals surface area contributed by atoms with Crippen LogP contribution in [0.5, 0.6) is 0 Å². The first kappa shape index (κ1) is 20.5. The van der Waals surface area contributed by atoms with Crippen molar-refractivity contribution in [2.45, 2.75) is 31.9 Å². The topological polar surface area (TPSA) is 71.4 Å². The van der Waals surface area contributed by atoms with Crippen molar-refractivity contribution in [2.24, 2.45) is 4.99 Å². The summed E-state index contributed by atoms with van der Waals surface area (Å²) < 4.78 is 0. The zero-order valence-electron chi connectivity index (χ0n) is 16.7. The van der Waals surface area contributed by atoms with E-state index in [1.165, 1.54) is 17.3 Å². The Morgan fingerprint density at radius 2 is 1.87 bits per heavy atom. The van der Waals surface area contributed by atoms with Crippen LogP contribution in [0.3, 0.4) is 0 Å². The van der Waals surface area contributed by atoms with Crippen LogP contribution in [0.4, 0.5) is 5.69 Å². The fourth-order valence-electron chi connectivity index (χ4n) is 3.11. The lowest BCUT2D eigenvalue weighted by atomic mass is 10.1. The Kier molecular flexibility index (Phi) is 6.11. The Balaban J connectivity index is 1.34. The van der Waals surface area contributed by atoms with Crippen LogP contribution >= 0.6 is 23.1 Å². The van der Waals surface area contributed by atoms with Crippen LogP contribution in [0, 0.1) is 13.8 Å². The molecule has 5 nitrogen and oxygen atoms in total. The van der Waals surface area contributed by atoms with E-state index in [1.54, 1.807) is 11.3 Å². The molecule has 1 unspecified atom stereocenters. The molecule has 1 aliphatic heterocycles. The summed E-state index contributed by atoms with van der Waals surface area (Å²) in [5.74, 6) is -0.423. The van der Waals surface area contributed by atoms with Gasteiger partial charge in [0.2, 0.25) is 5.91 Å². The van der Waals surface area contributed by atoms with E-state index in [2.05, 4.69) is 46.5 Å². The van der Waals surface area contributed by atoms with Gasteiger partial charge >= 0.3 is 0 Å². The van der Waals surface area contributed by atoms with Crippen molar-refractivity contribution in [1.82, 2.24) is 4.98 Å². The van der Waals surface area contributed by atoms with Gasteiger partial charge in [-0.05, 0) is 25.5 Å². The van der Waals surface area contributed by atoms with Gasteiger partial charge in [-0.1, -0.05) is 59.8 Å². The molecule has 152 valence electrons. The lowest BCUT2D eigenvalue weighted by molar-refractivity contribution is -0.121. The Bertz CT molecular complexity index is 1120. The number of aromatic nitrogens is 1. The smallest absolute Gasteiger partial charge is 0.260 e. The highest BCUT2D eigenvalue weighted by atomic mass is 32.2. The van der Waals surface area contributed by atoms with Crippen molar-refractivity contribution in [2.75, 3.05) is 5.32 Å². The van der Waals surface area contributed by atoms with Gasteiger partial charge in [-0.2, -0.15) is 0 Å².